The van der Waals surface area contributed by atoms with Crippen LogP contribution >= 0.6 is 0 Å². The van der Waals surface area contributed by atoms with Gasteiger partial charge in [-0.1, -0.05) is 30.3 Å². The minimum atomic E-state index is -1.01. The molecule has 2 N–H and O–H groups in total. The van der Waals surface area contributed by atoms with Crippen LogP contribution in [0.3, 0.4) is 0 Å². The molecular formula is C16H15N3O3. The molecule has 0 aliphatic rings. The Hall–Kier alpha value is -3.02. The Kier molecular flexibility index (Phi) is 5.37. The van der Waals surface area contributed by atoms with Crippen molar-refractivity contribution in [3.8, 4) is 0 Å². The van der Waals surface area contributed by atoms with Crippen LogP contribution in [0.4, 0.5) is 17.1 Å². The number of carbonyl (C=O) groups is 2. The summed E-state index contributed by atoms with van der Waals surface area (Å²) < 4.78 is 0. The standard InChI is InChI=1S/C16H15N3O3/c20-15(10-11-16(21)22)17-13-8-4-5-9-14(13)19-18-12-6-2-1-3-7-12/h1-9H,10-11H2,(H,17,20)(H,21,22). The van der Waals surface area contributed by atoms with Crippen molar-refractivity contribution in [2.45, 2.75) is 12.8 Å². The lowest BCUT2D eigenvalue weighted by Crippen LogP contribution is -2.13. The first kappa shape index (κ1) is 15.4. The van der Waals surface area contributed by atoms with E-state index in [0.29, 0.717) is 17.1 Å². The van der Waals surface area contributed by atoms with Crippen molar-refractivity contribution in [2.24, 2.45) is 10.2 Å². The second-order valence-electron chi connectivity index (χ2n) is 4.49. The van der Waals surface area contributed by atoms with Crippen molar-refractivity contribution >= 4 is 28.9 Å². The number of carboxylic acid groups (broad SMARTS) is 1. The van der Waals surface area contributed by atoms with Gasteiger partial charge in [-0.3, -0.25) is 9.59 Å². The maximum absolute atomic E-state index is 11.7. The number of rotatable bonds is 6. The summed E-state index contributed by atoms with van der Waals surface area (Å²) in [4.78, 5) is 22.2. The second kappa shape index (κ2) is 7.68. The first-order valence-electron chi connectivity index (χ1n) is 6.72. The summed E-state index contributed by atoms with van der Waals surface area (Å²) in [6, 6.07) is 16.2. The summed E-state index contributed by atoms with van der Waals surface area (Å²) in [6.45, 7) is 0. The van der Waals surface area contributed by atoms with Crippen LogP contribution in [0.5, 0.6) is 0 Å². The van der Waals surface area contributed by atoms with Crippen molar-refractivity contribution in [2.75, 3.05) is 5.32 Å². The summed E-state index contributed by atoms with van der Waals surface area (Å²) in [5.41, 5.74) is 1.71. The van der Waals surface area contributed by atoms with Crippen molar-refractivity contribution < 1.29 is 14.7 Å². The van der Waals surface area contributed by atoms with E-state index in [1.165, 1.54) is 0 Å². The van der Waals surface area contributed by atoms with Gasteiger partial charge >= 0.3 is 5.97 Å². The highest BCUT2D eigenvalue weighted by Gasteiger charge is 2.08. The molecule has 6 nitrogen and oxygen atoms in total. The van der Waals surface area contributed by atoms with E-state index in [2.05, 4.69) is 15.5 Å². The minimum absolute atomic E-state index is 0.0838. The molecule has 0 saturated carbocycles. The molecule has 0 bridgehead atoms. The molecule has 0 aliphatic carbocycles. The van der Waals surface area contributed by atoms with E-state index in [4.69, 9.17) is 5.11 Å². The van der Waals surface area contributed by atoms with Crippen LogP contribution in [-0.4, -0.2) is 17.0 Å². The van der Waals surface area contributed by atoms with E-state index >= 15 is 0 Å². The lowest BCUT2D eigenvalue weighted by Gasteiger charge is -2.06. The smallest absolute Gasteiger partial charge is 0.303 e. The Morgan fingerprint density at radius 2 is 1.59 bits per heavy atom. The van der Waals surface area contributed by atoms with Gasteiger partial charge in [-0.05, 0) is 24.3 Å². The van der Waals surface area contributed by atoms with Crippen LogP contribution in [0, 0.1) is 0 Å². The fourth-order valence-corrected chi connectivity index (χ4v) is 1.71. The summed E-state index contributed by atoms with van der Waals surface area (Å²) in [5, 5.41) is 19.4. The van der Waals surface area contributed by atoms with Crippen LogP contribution in [-0.2, 0) is 9.59 Å². The topological polar surface area (TPSA) is 91.1 Å². The molecule has 0 fully saturated rings. The molecule has 2 rings (SSSR count). The Morgan fingerprint density at radius 3 is 2.32 bits per heavy atom. The number of aliphatic carboxylic acids is 1. The fourth-order valence-electron chi connectivity index (χ4n) is 1.71. The molecule has 0 radical (unpaired) electrons. The van der Waals surface area contributed by atoms with E-state index in [1.807, 2.05) is 30.3 Å². The lowest BCUT2D eigenvalue weighted by molar-refractivity contribution is -0.138. The number of hydrogen-bond donors (Lipinski definition) is 2. The molecule has 0 aromatic heterocycles. The molecule has 112 valence electrons. The Balaban J connectivity index is 2.08. The molecule has 0 heterocycles. The molecular weight excluding hydrogens is 282 g/mol. The Bertz CT molecular complexity index is 684. The maximum atomic E-state index is 11.7. The predicted molar refractivity (Wildman–Crippen MR) is 82.6 cm³/mol. The molecule has 0 saturated heterocycles. The number of nitrogens with one attached hydrogen (secondary N) is 1. The van der Waals surface area contributed by atoms with Gasteiger partial charge in [0.15, 0.2) is 0 Å². The largest absolute Gasteiger partial charge is 0.481 e. The predicted octanol–water partition coefficient (Wildman–Crippen LogP) is 3.91. The highest BCUT2D eigenvalue weighted by atomic mass is 16.4. The fraction of sp³-hybridized carbons (Fsp3) is 0.125. The van der Waals surface area contributed by atoms with Crippen LogP contribution in [0.15, 0.2) is 64.8 Å². The molecule has 2 aromatic rings. The van der Waals surface area contributed by atoms with Gasteiger partial charge in [-0.25, -0.2) is 0 Å². The van der Waals surface area contributed by atoms with Crippen molar-refractivity contribution in [1.29, 1.82) is 0 Å². The number of nitrogens with zero attached hydrogens (tertiary/aromatic N) is 2. The van der Waals surface area contributed by atoms with E-state index in [-0.39, 0.29) is 18.7 Å². The SMILES string of the molecule is O=C(O)CCC(=O)Nc1ccccc1N=Nc1ccccc1. The average molecular weight is 297 g/mol. The third-order valence-electron chi connectivity index (χ3n) is 2.77. The molecule has 2 aromatic carbocycles. The van der Waals surface area contributed by atoms with Gasteiger partial charge in [0.2, 0.25) is 5.91 Å². The first-order valence-corrected chi connectivity index (χ1v) is 6.72. The quantitative estimate of drug-likeness (QED) is 0.792. The first-order chi connectivity index (χ1) is 10.6. The van der Waals surface area contributed by atoms with Gasteiger partial charge in [0.1, 0.15) is 5.69 Å². The Morgan fingerprint density at radius 1 is 0.909 bits per heavy atom. The number of benzene rings is 2. The summed E-state index contributed by atoms with van der Waals surface area (Å²) in [7, 11) is 0. The number of carboxylic acids is 1. The number of para-hydroxylation sites is 1. The lowest BCUT2D eigenvalue weighted by atomic mass is 10.2. The normalized spacial score (nSPS) is 10.5. The summed E-state index contributed by atoms with van der Waals surface area (Å²) >= 11 is 0. The number of amides is 1. The third-order valence-corrected chi connectivity index (χ3v) is 2.77. The van der Waals surface area contributed by atoms with Gasteiger partial charge in [0, 0.05) is 6.42 Å². The molecule has 0 atom stereocenters. The zero-order valence-electron chi connectivity index (χ0n) is 11.8. The molecule has 6 heteroatoms. The van der Waals surface area contributed by atoms with E-state index < -0.39 is 5.97 Å². The zero-order valence-corrected chi connectivity index (χ0v) is 11.8. The average Bonchev–Trinajstić information content (AvgIpc) is 2.53. The van der Waals surface area contributed by atoms with Crippen molar-refractivity contribution in [3.05, 3.63) is 54.6 Å². The second-order valence-corrected chi connectivity index (χ2v) is 4.49. The Labute approximate surface area is 127 Å². The third kappa shape index (κ3) is 4.82. The van der Waals surface area contributed by atoms with E-state index in [0.717, 1.165) is 0 Å². The summed E-state index contributed by atoms with van der Waals surface area (Å²) in [6.07, 6.45) is -0.293. The monoisotopic (exact) mass is 297 g/mol. The molecule has 0 spiro atoms. The van der Waals surface area contributed by atoms with Crippen molar-refractivity contribution in [1.82, 2.24) is 0 Å². The minimum Gasteiger partial charge on any atom is -0.481 e. The van der Waals surface area contributed by atoms with Crippen molar-refractivity contribution in [3.63, 3.8) is 0 Å². The van der Waals surface area contributed by atoms with Crippen LogP contribution in [0.1, 0.15) is 12.8 Å². The molecule has 1 amide bonds. The highest BCUT2D eigenvalue weighted by Crippen LogP contribution is 2.26. The van der Waals surface area contributed by atoms with Crippen LogP contribution < -0.4 is 5.32 Å². The molecule has 0 aliphatic heterocycles. The van der Waals surface area contributed by atoms with Crippen LogP contribution in [0.25, 0.3) is 0 Å². The van der Waals surface area contributed by atoms with Gasteiger partial charge < -0.3 is 10.4 Å². The molecule has 0 unspecified atom stereocenters. The highest BCUT2D eigenvalue weighted by molar-refractivity contribution is 5.94. The van der Waals surface area contributed by atoms with Gasteiger partial charge in [-0.2, -0.15) is 5.11 Å². The number of azo groups is 1. The number of carbonyl (C=O) groups excluding carboxylic acids is 1. The maximum Gasteiger partial charge on any atom is 0.303 e. The number of anilines is 1. The zero-order chi connectivity index (χ0) is 15.8. The number of hydrogen-bond acceptors (Lipinski definition) is 4. The van der Waals surface area contributed by atoms with Gasteiger partial charge in [0.25, 0.3) is 0 Å². The van der Waals surface area contributed by atoms with E-state index in [9.17, 15) is 9.59 Å². The molecule has 22 heavy (non-hydrogen) atoms. The van der Waals surface area contributed by atoms with Gasteiger partial charge in [0.05, 0.1) is 17.8 Å². The summed E-state index contributed by atoms with van der Waals surface area (Å²) in [5.74, 6) is -1.38. The van der Waals surface area contributed by atoms with Crippen LogP contribution in [0.2, 0.25) is 0 Å². The van der Waals surface area contributed by atoms with Gasteiger partial charge in [-0.15, -0.1) is 5.11 Å². The van der Waals surface area contributed by atoms with E-state index in [1.54, 1.807) is 24.3 Å².